The summed E-state index contributed by atoms with van der Waals surface area (Å²) >= 11 is 0. The standard InChI is InChI=1S/C17H21N5O2/c1-21(2)12-10-22(11-12)16(23)15-13(6-4-7-14(15)24-3)20-17-18-8-5-9-19-17/h4-9,12H,10-11H2,1-3H3,(H,18,19,20). The number of hydrogen-bond donors (Lipinski definition) is 1. The molecule has 2 heterocycles. The van der Waals surface area contributed by atoms with Crippen molar-refractivity contribution in [1.29, 1.82) is 0 Å². The number of likely N-dealkylation sites (tertiary alicyclic amines) is 1. The van der Waals surface area contributed by atoms with Crippen molar-refractivity contribution < 1.29 is 9.53 Å². The van der Waals surface area contributed by atoms with Gasteiger partial charge >= 0.3 is 0 Å². The first kappa shape index (κ1) is 16.2. The normalized spacial score (nSPS) is 14.4. The van der Waals surface area contributed by atoms with Gasteiger partial charge in [0.05, 0.1) is 12.8 Å². The molecule has 0 atom stereocenters. The summed E-state index contributed by atoms with van der Waals surface area (Å²) in [5, 5.41) is 3.11. The number of rotatable bonds is 5. The van der Waals surface area contributed by atoms with E-state index in [1.165, 1.54) is 0 Å². The van der Waals surface area contributed by atoms with Crippen LogP contribution in [0.25, 0.3) is 0 Å². The second kappa shape index (κ2) is 6.84. The lowest BCUT2D eigenvalue weighted by Gasteiger charge is -2.43. The van der Waals surface area contributed by atoms with Crippen LogP contribution >= 0.6 is 0 Å². The van der Waals surface area contributed by atoms with Crippen LogP contribution in [0.15, 0.2) is 36.7 Å². The molecule has 0 spiro atoms. The van der Waals surface area contributed by atoms with E-state index >= 15 is 0 Å². The quantitative estimate of drug-likeness (QED) is 0.900. The Bertz CT molecular complexity index is 714. The Labute approximate surface area is 141 Å². The molecular formula is C17H21N5O2. The van der Waals surface area contributed by atoms with Crippen LogP contribution < -0.4 is 10.1 Å². The van der Waals surface area contributed by atoms with Crippen LogP contribution in [0.5, 0.6) is 5.75 Å². The molecule has 1 N–H and O–H groups in total. The van der Waals surface area contributed by atoms with Gasteiger partial charge in [-0.3, -0.25) is 4.79 Å². The van der Waals surface area contributed by atoms with Gasteiger partial charge in [0.25, 0.3) is 5.91 Å². The first-order valence-electron chi connectivity index (χ1n) is 7.77. The predicted molar refractivity (Wildman–Crippen MR) is 91.7 cm³/mol. The highest BCUT2D eigenvalue weighted by atomic mass is 16.5. The number of likely N-dealkylation sites (N-methyl/N-ethyl adjacent to an activating group) is 1. The van der Waals surface area contributed by atoms with Crippen molar-refractivity contribution in [3.05, 3.63) is 42.2 Å². The largest absolute Gasteiger partial charge is 0.496 e. The zero-order valence-corrected chi connectivity index (χ0v) is 14.1. The van der Waals surface area contributed by atoms with Gasteiger partial charge in [-0.2, -0.15) is 0 Å². The topological polar surface area (TPSA) is 70.6 Å². The van der Waals surface area contributed by atoms with Gasteiger partial charge in [-0.25, -0.2) is 9.97 Å². The molecular weight excluding hydrogens is 306 g/mol. The van der Waals surface area contributed by atoms with Crippen molar-refractivity contribution in [3.63, 3.8) is 0 Å². The molecule has 0 saturated carbocycles. The number of methoxy groups -OCH3 is 1. The molecule has 7 nitrogen and oxygen atoms in total. The first-order valence-corrected chi connectivity index (χ1v) is 7.77. The SMILES string of the molecule is COc1cccc(Nc2ncccn2)c1C(=O)N1CC(N(C)C)C1. The molecule has 0 radical (unpaired) electrons. The van der Waals surface area contributed by atoms with Crippen molar-refractivity contribution in [2.75, 3.05) is 39.6 Å². The minimum atomic E-state index is -0.0519. The number of anilines is 2. The molecule has 3 rings (SSSR count). The van der Waals surface area contributed by atoms with Gasteiger partial charge in [-0.1, -0.05) is 6.07 Å². The zero-order valence-electron chi connectivity index (χ0n) is 14.1. The van der Waals surface area contributed by atoms with Gasteiger partial charge in [0, 0.05) is 31.5 Å². The Kier molecular flexibility index (Phi) is 4.61. The summed E-state index contributed by atoms with van der Waals surface area (Å²) in [7, 11) is 5.61. The fourth-order valence-corrected chi connectivity index (χ4v) is 2.62. The second-order valence-corrected chi connectivity index (χ2v) is 5.91. The van der Waals surface area contributed by atoms with Crippen molar-refractivity contribution in [3.8, 4) is 5.75 Å². The molecule has 2 aromatic rings. The first-order chi connectivity index (χ1) is 11.6. The number of nitrogens with one attached hydrogen (secondary N) is 1. The van der Waals surface area contributed by atoms with Crippen LogP contribution in [0, 0.1) is 0 Å². The minimum absolute atomic E-state index is 0.0519. The van der Waals surface area contributed by atoms with E-state index in [4.69, 9.17) is 4.74 Å². The Morgan fingerprint density at radius 2 is 1.96 bits per heavy atom. The average molecular weight is 327 g/mol. The number of carbonyl (C=O) groups is 1. The van der Waals surface area contributed by atoms with E-state index in [1.54, 1.807) is 31.6 Å². The molecule has 1 amide bonds. The van der Waals surface area contributed by atoms with Gasteiger partial charge in [0.1, 0.15) is 11.3 Å². The van der Waals surface area contributed by atoms with E-state index in [0.717, 1.165) is 0 Å². The van der Waals surface area contributed by atoms with Gasteiger partial charge in [-0.15, -0.1) is 0 Å². The number of nitrogens with zero attached hydrogens (tertiary/aromatic N) is 4. The molecule has 1 saturated heterocycles. The summed E-state index contributed by atoms with van der Waals surface area (Å²) in [6, 6.07) is 7.59. The van der Waals surface area contributed by atoms with Crippen LogP contribution in [0.2, 0.25) is 0 Å². The molecule has 0 unspecified atom stereocenters. The molecule has 1 fully saturated rings. The Hall–Kier alpha value is -2.67. The van der Waals surface area contributed by atoms with Crippen molar-refractivity contribution in [1.82, 2.24) is 19.8 Å². The van der Waals surface area contributed by atoms with Gasteiger partial charge in [0.15, 0.2) is 0 Å². The lowest BCUT2D eigenvalue weighted by atomic mass is 10.0. The Morgan fingerprint density at radius 1 is 1.25 bits per heavy atom. The van der Waals surface area contributed by atoms with Gasteiger partial charge in [-0.05, 0) is 32.3 Å². The van der Waals surface area contributed by atoms with Crippen LogP contribution in [0.1, 0.15) is 10.4 Å². The van der Waals surface area contributed by atoms with Crippen LogP contribution in [-0.2, 0) is 0 Å². The molecule has 7 heteroatoms. The van der Waals surface area contributed by atoms with E-state index in [9.17, 15) is 4.79 Å². The molecule has 1 aromatic carbocycles. The van der Waals surface area contributed by atoms with Crippen molar-refractivity contribution in [2.24, 2.45) is 0 Å². The fourth-order valence-electron chi connectivity index (χ4n) is 2.62. The molecule has 1 aliphatic rings. The molecule has 0 aliphatic carbocycles. The second-order valence-electron chi connectivity index (χ2n) is 5.91. The summed E-state index contributed by atoms with van der Waals surface area (Å²) in [6.45, 7) is 1.43. The fraction of sp³-hybridized carbons (Fsp3) is 0.353. The van der Waals surface area contributed by atoms with E-state index in [1.807, 2.05) is 31.1 Å². The molecule has 1 aromatic heterocycles. The number of aromatic nitrogens is 2. The van der Waals surface area contributed by atoms with Crippen molar-refractivity contribution in [2.45, 2.75) is 6.04 Å². The van der Waals surface area contributed by atoms with Gasteiger partial charge < -0.3 is 19.9 Å². The summed E-state index contributed by atoms with van der Waals surface area (Å²) in [5.41, 5.74) is 1.14. The summed E-state index contributed by atoms with van der Waals surface area (Å²) < 4.78 is 5.40. The van der Waals surface area contributed by atoms with Crippen molar-refractivity contribution >= 4 is 17.5 Å². The lowest BCUT2D eigenvalue weighted by Crippen LogP contribution is -2.59. The van der Waals surface area contributed by atoms with Gasteiger partial charge in [0.2, 0.25) is 5.95 Å². The third-order valence-electron chi connectivity index (χ3n) is 4.15. The highest BCUT2D eigenvalue weighted by Gasteiger charge is 2.34. The zero-order chi connectivity index (χ0) is 17.1. The molecule has 1 aliphatic heterocycles. The maximum absolute atomic E-state index is 12.9. The maximum atomic E-state index is 12.9. The highest BCUT2D eigenvalue weighted by Crippen LogP contribution is 2.31. The van der Waals surface area contributed by atoms with E-state index < -0.39 is 0 Å². The smallest absolute Gasteiger partial charge is 0.259 e. The molecule has 0 bridgehead atoms. The number of ether oxygens (including phenoxy) is 1. The van der Waals surface area contributed by atoms with E-state index in [2.05, 4.69) is 20.2 Å². The lowest BCUT2D eigenvalue weighted by molar-refractivity contribution is 0.0397. The number of amides is 1. The summed E-state index contributed by atoms with van der Waals surface area (Å²) in [4.78, 5) is 25.2. The minimum Gasteiger partial charge on any atom is -0.496 e. The van der Waals surface area contributed by atoms with Crippen LogP contribution in [0.3, 0.4) is 0 Å². The predicted octanol–water partition coefficient (Wildman–Crippen LogP) is 1.61. The third-order valence-corrected chi connectivity index (χ3v) is 4.15. The molecule has 24 heavy (non-hydrogen) atoms. The summed E-state index contributed by atoms with van der Waals surface area (Å²) in [5.74, 6) is 0.924. The average Bonchev–Trinajstić information content (AvgIpc) is 2.53. The number of hydrogen-bond acceptors (Lipinski definition) is 6. The van der Waals surface area contributed by atoms with Crippen LogP contribution in [-0.4, -0.2) is 66.0 Å². The highest BCUT2D eigenvalue weighted by molar-refractivity contribution is 6.03. The summed E-state index contributed by atoms with van der Waals surface area (Å²) in [6.07, 6.45) is 3.29. The number of carbonyl (C=O) groups excluding carboxylic acids is 1. The Balaban J connectivity index is 1.87. The Morgan fingerprint density at radius 3 is 2.58 bits per heavy atom. The molecule has 126 valence electrons. The third kappa shape index (κ3) is 3.16. The monoisotopic (exact) mass is 327 g/mol. The van der Waals surface area contributed by atoms with E-state index in [0.29, 0.717) is 42.1 Å². The van der Waals surface area contributed by atoms with Crippen LogP contribution in [0.4, 0.5) is 11.6 Å². The van der Waals surface area contributed by atoms with E-state index in [-0.39, 0.29) is 5.91 Å². The maximum Gasteiger partial charge on any atom is 0.259 e. The number of benzene rings is 1.